The van der Waals surface area contributed by atoms with Crippen LogP contribution in [-0.4, -0.2) is 0 Å². The highest BCUT2D eigenvalue weighted by Gasteiger charge is 2.20. The summed E-state index contributed by atoms with van der Waals surface area (Å²) in [6, 6.07) is 97.8. The first-order valence-electron chi connectivity index (χ1n) is 24.9. The van der Waals surface area contributed by atoms with E-state index in [0.29, 0.717) is 0 Å². The number of rotatable bonds is 9. The molecule has 336 valence electrons. The second kappa shape index (κ2) is 18.5. The molecule has 0 aliphatic rings. The summed E-state index contributed by atoms with van der Waals surface area (Å²) >= 11 is 0. The zero-order valence-corrected chi connectivity index (χ0v) is 39.7. The van der Waals surface area contributed by atoms with Gasteiger partial charge in [0.15, 0.2) is 0 Å². The molecule has 13 aromatic carbocycles. The first kappa shape index (κ1) is 42.7. The van der Waals surface area contributed by atoms with E-state index in [1.165, 1.54) is 132 Å². The summed E-state index contributed by atoms with van der Waals surface area (Å²) in [7, 11) is 0. The van der Waals surface area contributed by atoms with Crippen molar-refractivity contribution in [1.29, 1.82) is 0 Å². The Bertz CT molecular complexity index is 4230. The van der Waals surface area contributed by atoms with Gasteiger partial charge in [0.05, 0.1) is 0 Å². The van der Waals surface area contributed by atoms with E-state index in [-0.39, 0.29) is 0 Å². The first-order valence-corrected chi connectivity index (χ1v) is 24.9. The van der Waals surface area contributed by atoms with Crippen molar-refractivity contribution in [1.82, 2.24) is 0 Å². The first-order chi connectivity index (χ1) is 35.7. The van der Waals surface area contributed by atoms with E-state index in [1.54, 1.807) is 0 Å². The van der Waals surface area contributed by atoms with E-state index < -0.39 is 0 Å². The van der Waals surface area contributed by atoms with Crippen LogP contribution in [0.2, 0.25) is 0 Å². The molecule has 0 heteroatoms. The molecule has 0 spiro atoms. The second-order valence-electron chi connectivity index (χ2n) is 18.8. The Labute approximate surface area is 420 Å². The summed E-state index contributed by atoms with van der Waals surface area (Å²) < 4.78 is 0. The van der Waals surface area contributed by atoms with Crippen molar-refractivity contribution in [2.75, 3.05) is 0 Å². The van der Waals surface area contributed by atoms with Crippen LogP contribution in [0.3, 0.4) is 0 Å². The molecule has 0 saturated carbocycles. The Hall–Kier alpha value is -9.36. The van der Waals surface area contributed by atoms with E-state index in [0.717, 1.165) is 0 Å². The fourth-order valence-electron chi connectivity index (χ4n) is 10.9. The fourth-order valence-corrected chi connectivity index (χ4v) is 10.9. The molecule has 72 heavy (non-hydrogen) atoms. The lowest BCUT2D eigenvalue weighted by atomic mass is 9.82. The van der Waals surface area contributed by atoms with Crippen LogP contribution in [0.25, 0.3) is 134 Å². The van der Waals surface area contributed by atoms with Gasteiger partial charge in [0.25, 0.3) is 0 Å². The number of benzene rings is 13. The number of hydrogen-bond acceptors (Lipinski definition) is 0. The molecule has 0 aliphatic carbocycles. The molecule has 0 fully saturated rings. The molecular formula is C72H48. The highest BCUT2D eigenvalue weighted by molar-refractivity contribution is 6.25. The molecule has 0 heterocycles. The van der Waals surface area contributed by atoms with Crippen LogP contribution in [0.5, 0.6) is 0 Å². The molecule has 0 amide bonds. The second-order valence-corrected chi connectivity index (χ2v) is 18.8. The van der Waals surface area contributed by atoms with Gasteiger partial charge in [-0.3, -0.25) is 0 Å². The molecule has 0 aliphatic heterocycles. The number of hydrogen-bond donors (Lipinski definition) is 0. The quantitative estimate of drug-likeness (QED) is 0.1000. The van der Waals surface area contributed by atoms with E-state index >= 15 is 0 Å². The van der Waals surface area contributed by atoms with Gasteiger partial charge in [-0.15, -0.1) is 0 Å². The summed E-state index contributed by atoms with van der Waals surface area (Å²) in [4.78, 5) is 0. The maximum atomic E-state index is 2.35. The SMILES string of the molecule is C(=Cc1cccc2ccccc12)c1cccc(-c2ccc(-c3c4ccccc4c(-c4ccc(-c5cccc(C=Cc6cccc7ccccc67)c5)cc4)c4c(-c5ccc6ccccc6c5)cccc34)cc2)c1. The van der Waals surface area contributed by atoms with E-state index in [9.17, 15) is 0 Å². The highest BCUT2D eigenvalue weighted by Crippen LogP contribution is 2.48. The predicted molar refractivity (Wildman–Crippen MR) is 312 cm³/mol. The van der Waals surface area contributed by atoms with Gasteiger partial charge in [-0.1, -0.05) is 273 Å². The Balaban J connectivity index is 0.903. The monoisotopic (exact) mass is 912 g/mol. The molecular weight excluding hydrogens is 865 g/mol. The van der Waals surface area contributed by atoms with Gasteiger partial charge in [-0.05, 0) is 150 Å². The normalized spacial score (nSPS) is 11.8. The average Bonchev–Trinajstić information content (AvgIpc) is 3.45. The minimum absolute atomic E-state index is 1.17. The highest BCUT2D eigenvalue weighted by atomic mass is 14.2. The van der Waals surface area contributed by atoms with Crippen molar-refractivity contribution in [3.8, 4) is 55.6 Å². The summed E-state index contributed by atoms with van der Waals surface area (Å²) in [5.41, 5.74) is 16.8. The van der Waals surface area contributed by atoms with Gasteiger partial charge < -0.3 is 0 Å². The zero-order valence-electron chi connectivity index (χ0n) is 39.7. The minimum atomic E-state index is 1.17. The molecule has 0 N–H and O–H groups in total. The predicted octanol–water partition coefficient (Wildman–Crippen LogP) is 20.1. The molecule has 0 nitrogen and oxygen atoms in total. The van der Waals surface area contributed by atoms with Crippen LogP contribution in [0, 0.1) is 0 Å². The lowest BCUT2D eigenvalue weighted by Crippen LogP contribution is -1.93. The lowest BCUT2D eigenvalue weighted by Gasteiger charge is -2.21. The van der Waals surface area contributed by atoms with Gasteiger partial charge in [0, 0.05) is 0 Å². The maximum absolute atomic E-state index is 2.35. The summed E-state index contributed by atoms with van der Waals surface area (Å²) in [6.45, 7) is 0. The van der Waals surface area contributed by atoms with Gasteiger partial charge >= 0.3 is 0 Å². The third-order valence-electron chi connectivity index (χ3n) is 14.5. The fraction of sp³-hybridized carbons (Fsp3) is 0. The van der Waals surface area contributed by atoms with Gasteiger partial charge in [0.1, 0.15) is 0 Å². The smallest absolute Gasteiger partial charge is 0.00141 e. The summed E-state index contributed by atoms with van der Waals surface area (Å²) in [6.07, 6.45) is 8.92. The molecule has 0 saturated heterocycles. The van der Waals surface area contributed by atoms with Crippen LogP contribution in [0.1, 0.15) is 22.3 Å². The molecule has 13 rings (SSSR count). The molecule has 0 radical (unpaired) electrons. The van der Waals surface area contributed by atoms with Crippen molar-refractivity contribution in [3.05, 3.63) is 289 Å². The average molecular weight is 913 g/mol. The van der Waals surface area contributed by atoms with Crippen molar-refractivity contribution in [2.24, 2.45) is 0 Å². The molecule has 13 aromatic rings. The third-order valence-corrected chi connectivity index (χ3v) is 14.5. The topological polar surface area (TPSA) is 0 Å². The van der Waals surface area contributed by atoms with Crippen molar-refractivity contribution >= 4 is 78.2 Å². The van der Waals surface area contributed by atoms with Crippen molar-refractivity contribution in [2.45, 2.75) is 0 Å². The van der Waals surface area contributed by atoms with Gasteiger partial charge in [0.2, 0.25) is 0 Å². The van der Waals surface area contributed by atoms with Crippen LogP contribution >= 0.6 is 0 Å². The van der Waals surface area contributed by atoms with Crippen LogP contribution < -0.4 is 0 Å². The maximum Gasteiger partial charge on any atom is -0.00141 e. The Kier molecular flexibility index (Phi) is 11.0. The minimum Gasteiger partial charge on any atom is -0.0616 e. The van der Waals surface area contributed by atoms with E-state index in [4.69, 9.17) is 0 Å². The Morgan fingerprint density at radius 1 is 0.208 bits per heavy atom. The standard InChI is InChI=1S/C72H48/c1-2-19-62-48-63(45-40-51(62)16-1)66-30-13-31-69-70(58-41-36-52(37-42-58)60-24-9-14-49(46-60)32-34-56-22-11-20-54-17-3-5-26-64(54)56)67-28-7-8-29-68(67)71(72(66)69)59-43-38-53(39-44-59)61-25-10-15-50(47-61)33-35-57-23-12-21-55-18-4-6-27-65(55)57/h1-48H. The Morgan fingerprint density at radius 3 is 1.21 bits per heavy atom. The third kappa shape index (κ3) is 8.05. The van der Waals surface area contributed by atoms with E-state index in [2.05, 4.69) is 291 Å². The molecule has 0 unspecified atom stereocenters. The van der Waals surface area contributed by atoms with Crippen LogP contribution in [0.15, 0.2) is 267 Å². The zero-order chi connectivity index (χ0) is 47.8. The van der Waals surface area contributed by atoms with E-state index in [1.807, 2.05) is 0 Å². The van der Waals surface area contributed by atoms with Crippen LogP contribution in [0.4, 0.5) is 0 Å². The Morgan fingerprint density at radius 2 is 0.625 bits per heavy atom. The van der Waals surface area contributed by atoms with Crippen molar-refractivity contribution < 1.29 is 0 Å². The molecule has 0 atom stereocenters. The summed E-state index contributed by atoms with van der Waals surface area (Å²) in [5.74, 6) is 0. The van der Waals surface area contributed by atoms with Crippen molar-refractivity contribution in [3.63, 3.8) is 0 Å². The lowest BCUT2D eigenvalue weighted by molar-refractivity contribution is 1.59. The molecule has 0 aromatic heterocycles. The van der Waals surface area contributed by atoms with Gasteiger partial charge in [-0.25, -0.2) is 0 Å². The van der Waals surface area contributed by atoms with Gasteiger partial charge in [-0.2, -0.15) is 0 Å². The number of fused-ring (bicyclic) bond motifs is 5. The van der Waals surface area contributed by atoms with Crippen LogP contribution in [-0.2, 0) is 0 Å². The molecule has 0 bridgehead atoms. The summed E-state index contributed by atoms with van der Waals surface area (Å²) in [5, 5.41) is 12.5. The largest absolute Gasteiger partial charge is 0.0616 e.